The highest BCUT2D eigenvalue weighted by Gasteiger charge is 2.28. The first-order valence-corrected chi connectivity index (χ1v) is 9.34. The van der Waals surface area contributed by atoms with Crippen LogP contribution in [0.1, 0.15) is 11.0 Å². The molecule has 1 atom stereocenters. The lowest BCUT2D eigenvalue weighted by Crippen LogP contribution is -2.13. The maximum absolute atomic E-state index is 6.21. The molecule has 5 heteroatoms. The monoisotopic (exact) mass is 338 g/mol. The summed E-state index contributed by atoms with van der Waals surface area (Å²) in [6, 6.07) is 18.3. The lowest BCUT2D eigenvalue weighted by Gasteiger charge is -2.27. The van der Waals surface area contributed by atoms with Gasteiger partial charge in [0, 0.05) is 22.2 Å². The van der Waals surface area contributed by atoms with Crippen LogP contribution in [-0.2, 0) is 0 Å². The molecule has 2 heterocycles. The van der Waals surface area contributed by atoms with Crippen molar-refractivity contribution in [2.45, 2.75) is 15.5 Å². The Hall–Kier alpha value is -1.98. The van der Waals surface area contributed by atoms with Gasteiger partial charge < -0.3 is 4.74 Å². The number of hydrogen-bond acceptors (Lipinski definition) is 5. The van der Waals surface area contributed by atoms with Gasteiger partial charge in [-0.05, 0) is 30.5 Å². The lowest BCUT2D eigenvalue weighted by atomic mass is 10.0. The molecular formula is C18H14N2OS2. The Morgan fingerprint density at radius 2 is 1.78 bits per heavy atom. The standard InChI is InChI=1S/C18H14N2OS2/c1-22-18-19-11-14-16(20-18)13-9-5-6-10-15(13)21-17(14)23-12-7-3-2-4-8-12/h2-11,17H,1H3. The van der Waals surface area contributed by atoms with E-state index in [0.29, 0.717) is 0 Å². The van der Waals surface area contributed by atoms with Gasteiger partial charge in [0.2, 0.25) is 0 Å². The second-order valence-electron chi connectivity index (χ2n) is 5.04. The van der Waals surface area contributed by atoms with Crippen molar-refractivity contribution in [2.75, 3.05) is 6.26 Å². The molecule has 114 valence electrons. The van der Waals surface area contributed by atoms with Crippen molar-refractivity contribution in [2.24, 2.45) is 0 Å². The molecule has 0 fully saturated rings. The van der Waals surface area contributed by atoms with Gasteiger partial charge in [0.1, 0.15) is 5.75 Å². The van der Waals surface area contributed by atoms with Crippen LogP contribution >= 0.6 is 23.5 Å². The zero-order valence-corrected chi connectivity index (χ0v) is 14.1. The molecule has 0 N–H and O–H groups in total. The number of para-hydroxylation sites is 1. The predicted octanol–water partition coefficient (Wildman–Crippen LogP) is 5.05. The van der Waals surface area contributed by atoms with Crippen LogP contribution < -0.4 is 4.74 Å². The van der Waals surface area contributed by atoms with Crippen molar-refractivity contribution >= 4 is 23.5 Å². The van der Waals surface area contributed by atoms with Crippen LogP contribution in [0.15, 0.2) is 70.8 Å². The van der Waals surface area contributed by atoms with Crippen LogP contribution in [0.2, 0.25) is 0 Å². The first kappa shape index (κ1) is 14.6. The number of hydrogen-bond donors (Lipinski definition) is 0. The van der Waals surface area contributed by atoms with E-state index in [2.05, 4.69) is 23.2 Å². The quantitative estimate of drug-likeness (QED) is 0.493. The van der Waals surface area contributed by atoms with E-state index in [-0.39, 0.29) is 5.44 Å². The SMILES string of the molecule is CSc1ncc2c(n1)-c1ccccc1OC2Sc1ccccc1. The molecular weight excluding hydrogens is 324 g/mol. The van der Waals surface area contributed by atoms with E-state index in [9.17, 15) is 0 Å². The number of ether oxygens (including phenoxy) is 1. The van der Waals surface area contributed by atoms with Gasteiger partial charge in [-0.25, -0.2) is 9.97 Å². The second-order valence-corrected chi connectivity index (χ2v) is 6.95. The van der Waals surface area contributed by atoms with Crippen molar-refractivity contribution in [1.82, 2.24) is 9.97 Å². The second kappa shape index (κ2) is 6.26. The largest absolute Gasteiger partial charge is 0.474 e. The number of aromatic nitrogens is 2. The van der Waals surface area contributed by atoms with Crippen molar-refractivity contribution < 1.29 is 4.74 Å². The highest BCUT2D eigenvalue weighted by molar-refractivity contribution is 7.99. The maximum Gasteiger partial charge on any atom is 0.187 e. The van der Waals surface area contributed by atoms with E-state index in [1.165, 1.54) is 0 Å². The molecule has 1 unspecified atom stereocenters. The minimum absolute atomic E-state index is 0.141. The van der Waals surface area contributed by atoms with Gasteiger partial charge in [-0.2, -0.15) is 0 Å². The Morgan fingerprint density at radius 3 is 2.61 bits per heavy atom. The van der Waals surface area contributed by atoms with Gasteiger partial charge in [0.25, 0.3) is 0 Å². The Morgan fingerprint density at radius 1 is 1.00 bits per heavy atom. The summed E-state index contributed by atoms with van der Waals surface area (Å²) in [7, 11) is 0. The topological polar surface area (TPSA) is 35.0 Å². The van der Waals surface area contributed by atoms with Crippen LogP contribution in [-0.4, -0.2) is 16.2 Å². The molecule has 1 aliphatic rings. The molecule has 0 spiro atoms. The van der Waals surface area contributed by atoms with Gasteiger partial charge in [0.05, 0.1) is 5.69 Å². The minimum atomic E-state index is -0.141. The lowest BCUT2D eigenvalue weighted by molar-refractivity contribution is 0.289. The average molecular weight is 338 g/mol. The molecule has 2 aromatic carbocycles. The molecule has 0 amide bonds. The van der Waals surface area contributed by atoms with Crippen LogP contribution in [0, 0.1) is 0 Å². The number of benzene rings is 2. The summed E-state index contributed by atoms with van der Waals surface area (Å²) in [5, 5.41) is 0.781. The molecule has 0 bridgehead atoms. The third-order valence-electron chi connectivity index (χ3n) is 3.59. The van der Waals surface area contributed by atoms with E-state index in [1.807, 2.05) is 48.9 Å². The highest BCUT2D eigenvalue weighted by Crippen LogP contribution is 2.47. The molecule has 23 heavy (non-hydrogen) atoms. The zero-order chi connectivity index (χ0) is 15.6. The third-order valence-corrected chi connectivity index (χ3v) is 5.26. The number of fused-ring (bicyclic) bond motifs is 3. The van der Waals surface area contributed by atoms with Crippen LogP contribution in [0.3, 0.4) is 0 Å². The summed E-state index contributed by atoms with van der Waals surface area (Å²) in [6.45, 7) is 0. The fourth-order valence-electron chi connectivity index (χ4n) is 2.52. The highest BCUT2D eigenvalue weighted by atomic mass is 32.2. The predicted molar refractivity (Wildman–Crippen MR) is 94.9 cm³/mol. The summed E-state index contributed by atoms with van der Waals surface area (Å²) in [6.07, 6.45) is 3.88. The number of thioether (sulfide) groups is 2. The molecule has 1 aliphatic heterocycles. The molecule has 1 aromatic heterocycles. The summed E-state index contributed by atoms with van der Waals surface area (Å²) in [4.78, 5) is 10.3. The summed E-state index contributed by atoms with van der Waals surface area (Å²) in [5.41, 5.74) is 2.89. The Labute approximate surface area is 143 Å². The number of rotatable bonds is 3. The van der Waals surface area contributed by atoms with Gasteiger partial charge in [-0.1, -0.05) is 53.9 Å². The van der Waals surface area contributed by atoms with E-state index in [1.54, 1.807) is 23.5 Å². The number of nitrogens with zero attached hydrogens (tertiary/aromatic N) is 2. The maximum atomic E-state index is 6.21. The van der Waals surface area contributed by atoms with E-state index in [4.69, 9.17) is 9.72 Å². The molecule has 4 rings (SSSR count). The fourth-order valence-corrected chi connectivity index (χ4v) is 3.87. The molecule has 0 aliphatic carbocycles. The van der Waals surface area contributed by atoms with E-state index < -0.39 is 0 Å². The third kappa shape index (κ3) is 2.82. The fraction of sp³-hybridized carbons (Fsp3) is 0.111. The van der Waals surface area contributed by atoms with Crippen LogP contribution in [0.25, 0.3) is 11.3 Å². The van der Waals surface area contributed by atoms with Crippen molar-refractivity contribution in [3.63, 3.8) is 0 Å². The van der Waals surface area contributed by atoms with Crippen LogP contribution in [0.5, 0.6) is 5.75 Å². The van der Waals surface area contributed by atoms with Crippen molar-refractivity contribution in [3.8, 4) is 17.0 Å². The Bertz CT molecular complexity index is 837. The van der Waals surface area contributed by atoms with Gasteiger partial charge in [0.15, 0.2) is 10.6 Å². The first-order chi connectivity index (χ1) is 11.3. The first-order valence-electron chi connectivity index (χ1n) is 7.24. The smallest absolute Gasteiger partial charge is 0.187 e. The Balaban J connectivity index is 1.79. The molecule has 3 aromatic rings. The molecule has 0 saturated heterocycles. The molecule has 0 saturated carbocycles. The normalized spacial score (nSPS) is 15.4. The zero-order valence-electron chi connectivity index (χ0n) is 12.5. The summed E-state index contributed by atoms with van der Waals surface area (Å²) >= 11 is 3.23. The van der Waals surface area contributed by atoms with Crippen molar-refractivity contribution in [1.29, 1.82) is 0 Å². The van der Waals surface area contributed by atoms with E-state index in [0.717, 1.165) is 32.6 Å². The van der Waals surface area contributed by atoms with Crippen LogP contribution in [0.4, 0.5) is 0 Å². The summed E-state index contributed by atoms with van der Waals surface area (Å²) in [5.74, 6) is 0.874. The minimum Gasteiger partial charge on any atom is -0.474 e. The molecule has 3 nitrogen and oxygen atoms in total. The van der Waals surface area contributed by atoms with Crippen molar-refractivity contribution in [3.05, 3.63) is 66.4 Å². The van der Waals surface area contributed by atoms with E-state index >= 15 is 0 Å². The Kier molecular flexibility index (Phi) is 3.97. The summed E-state index contributed by atoms with van der Waals surface area (Å²) < 4.78 is 6.21. The average Bonchev–Trinajstić information content (AvgIpc) is 2.62. The van der Waals surface area contributed by atoms with Gasteiger partial charge >= 0.3 is 0 Å². The molecule has 0 radical (unpaired) electrons. The van der Waals surface area contributed by atoms with Gasteiger partial charge in [-0.15, -0.1) is 0 Å². The van der Waals surface area contributed by atoms with Gasteiger partial charge in [-0.3, -0.25) is 0 Å².